The summed E-state index contributed by atoms with van der Waals surface area (Å²) in [4.78, 5) is 4.80. The molecule has 0 fully saturated rings. The molecule has 0 aromatic heterocycles. The van der Waals surface area contributed by atoms with Gasteiger partial charge in [0.2, 0.25) is 0 Å². The second kappa shape index (κ2) is 7.09. The van der Waals surface area contributed by atoms with Gasteiger partial charge < -0.3 is 0 Å². The molecule has 0 aliphatic carbocycles. The molecule has 0 saturated carbocycles. The summed E-state index contributed by atoms with van der Waals surface area (Å²) in [6, 6.07) is 14.4. The molecule has 2 rings (SSSR count). The van der Waals surface area contributed by atoms with Crippen molar-refractivity contribution in [1.29, 1.82) is 0 Å². The zero-order chi connectivity index (χ0) is 16.1. The Morgan fingerprint density at radius 3 is 1.91 bits per heavy atom. The lowest BCUT2D eigenvalue weighted by Crippen LogP contribution is -1.95. The molecule has 0 heterocycles. The molecule has 0 saturated heterocycles. The molecule has 1 nitrogen and oxygen atoms in total. The third kappa shape index (κ3) is 3.65. The monoisotopic (exact) mass is 289 g/mol. The average Bonchev–Trinajstić information content (AvgIpc) is 2.52. The maximum atomic E-state index is 5.39. The fourth-order valence-corrected chi connectivity index (χ4v) is 2.47. The van der Waals surface area contributed by atoms with Crippen molar-refractivity contribution in [2.45, 2.75) is 39.5 Å². The Hall–Kier alpha value is -2.33. The van der Waals surface area contributed by atoms with Gasteiger partial charge in [0.15, 0.2) is 0 Å². The number of rotatable bonds is 4. The van der Waals surface area contributed by atoms with E-state index in [-0.39, 0.29) is 0 Å². The first kappa shape index (κ1) is 16.0. The summed E-state index contributed by atoms with van der Waals surface area (Å²) in [6.07, 6.45) is 7.31. The van der Waals surface area contributed by atoms with Crippen LogP contribution in [0.5, 0.6) is 0 Å². The zero-order valence-electron chi connectivity index (χ0n) is 13.8. The van der Waals surface area contributed by atoms with Crippen molar-refractivity contribution in [2.24, 2.45) is 4.99 Å². The molecule has 0 spiro atoms. The summed E-state index contributed by atoms with van der Waals surface area (Å²) in [5, 5.41) is 0. The fourth-order valence-electron chi connectivity index (χ4n) is 2.47. The van der Waals surface area contributed by atoms with Gasteiger partial charge in [0.05, 0.1) is 5.69 Å². The van der Waals surface area contributed by atoms with Crippen LogP contribution in [0.25, 0.3) is 0 Å². The molecule has 2 aromatic carbocycles. The first-order valence-electron chi connectivity index (χ1n) is 7.76. The van der Waals surface area contributed by atoms with E-state index in [1.165, 1.54) is 11.1 Å². The van der Waals surface area contributed by atoms with Gasteiger partial charge in [-0.3, -0.25) is 4.99 Å². The molecule has 112 valence electrons. The molecule has 0 unspecified atom stereocenters. The summed E-state index contributed by atoms with van der Waals surface area (Å²) in [5.41, 5.74) is 5.65. The Morgan fingerprint density at radius 1 is 0.909 bits per heavy atom. The van der Waals surface area contributed by atoms with Gasteiger partial charge in [-0.15, -0.1) is 6.42 Å². The number of terminal acetylenes is 1. The lowest BCUT2D eigenvalue weighted by molar-refractivity contribution is 0.835. The maximum absolute atomic E-state index is 5.39. The Labute approximate surface area is 134 Å². The van der Waals surface area contributed by atoms with E-state index in [0.29, 0.717) is 11.8 Å². The highest BCUT2D eigenvalue weighted by atomic mass is 14.7. The number of hydrogen-bond donors (Lipinski definition) is 0. The highest BCUT2D eigenvalue weighted by Gasteiger charge is 2.12. The van der Waals surface area contributed by atoms with E-state index in [4.69, 9.17) is 11.4 Å². The summed E-state index contributed by atoms with van der Waals surface area (Å²) >= 11 is 0. The Morgan fingerprint density at radius 2 is 1.45 bits per heavy atom. The molecular formula is C21H23N. The van der Waals surface area contributed by atoms with Gasteiger partial charge in [-0.1, -0.05) is 63.9 Å². The smallest absolute Gasteiger partial charge is 0.0699 e. The molecule has 2 aromatic rings. The molecular weight excluding hydrogens is 266 g/mol. The van der Waals surface area contributed by atoms with E-state index in [1.54, 1.807) is 0 Å². The lowest BCUT2D eigenvalue weighted by atomic mass is 9.93. The summed E-state index contributed by atoms with van der Waals surface area (Å²) < 4.78 is 0. The van der Waals surface area contributed by atoms with E-state index in [1.807, 2.05) is 30.5 Å². The predicted octanol–water partition coefficient (Wildman–Crippen LogP) is 5.67. The van der Waals surface area contributed by atoms with Gasteiger partial charge in [-0.05, 0) is 40.7 Å². The molecule has 0 N–H and O–H groups in total. The van der Waals surface area contributed by atoms with Crippen LogP contribution in [0.2, 0.25) is 0 Å². The van der Waals surface area contributed by atoms with Crippen LogP contribution in [0.4, 0.5) is 5.69 Å². The molecule has 22 heavy (non-hydrogen) atoms. The van der Waals surface area contributed by atoms with Gasteiger partial charge in [0, 0.05) is 11.8 Å². The molecule has 0 atom stereocenters. The second-order valence-electron chi connectivity index (χ2n) is 6.12. The minimum Gasteiger partial charge on any atom is -0.256 e. The maximum Gasteiger partial charge on any atom is 0.0699 e. The van der Waals surface area contributed by atoms with Crippen LogP contribution in [0, 0.1) is 12.3 Å². The largest absolute Gasteiger partial charge is 0.256 e. The number of benzene rings is 2. The average molecular weight is 289 g/mol. The van der Waals surface area contributed by atoms with Crippen LogP contribution in [0.3, 0.4) is 0 Å². The minimum absolute atomic E-state index is 0.453. The van der Waals surface area contributed by atoms with Gasteiger partial charge in [0.25, 0.3) is 0 Å². The first-order chi connectivity index (χ1) is 10.5. The minimum atomic E-state index is 0.453. The Balaban J connectivity index is 2.42. The van der Waals surface area contributed by atoms with Crippen molar-refractivity contribution >= 4 is 11.9 Å². The van der Waals surface area contributed by atoms with E-state index >= 15 is 0 Å². The molecule has 0 amide bonds. The normalized spacial score (nSPS) is 11.3. The summed E-state index contributed by atoms with van der Waals surface area (Å²) in [6.45, 7) is 8.83. The molecule has 0 aliphatic rings. The van der Waals surface area contributed by atoms with E-state index in [0.717, 1.165) is 16.8 Å². The van der Waals surface area contributed by atoms with Crippen LogP contribution in [-0.4, -0.2) is 6.21 Å². The highest BCUT2D eigenvalue weighted by molar-refractivity contribution is 5.83. The van der Waals surface area contributed by atoms with Crippen LogP contribution in [0.1, 0.15) is 61.8 Å². The molecule has 1 heteroatoms. The van der Waals surface area contributed by atoms with Gasteiger partial charge in [-0.2, -0.15) is 0 Å². The number of nitrogens with zero attached hydrogens (tertiary/aromatic N) is 1. The van der Waals surface area contributed by atoms with Crippen molar-refractivity contribution in [3.8, 4) is 12.3 Å². The molecule has 0 bridgehead atoms. The van der Waals surface area contributed by atoms with Crippen LogP contribution in [-0.2, 0) is 0 Å². The second-order valence-corrected chi connectivity index (χ2v) is 6.12. The Bertz CT molecular complexity index is 671. The van der Waals surface area contributed by atoms with E-state index in [9.17, 15) is 0 Å². The van der Waals surface area contributed by atoms with Gasteiger partial charge in [0.1, 0.15) is 0 Å². The molecule has 0 aliphatic heterocycles. The quantitative estimate of drug-likeness (QED) is 0.508. The standard InChI is InChI=1S/C21H23N/c1-6-17-10-12-18(13-11-17)14-22-21-19(15(2)3)8-7-9-20(21)16(4)5/h1,7-16H,2-5H3. The summed E-state index contributed by atoms with van der Waals surface area (Å²) in [7, 11) is 0. The zero-order valence-corrected chi connectivity index (χ0v) is 13.8. The Kier molecular flexibility index (Phi) is 5.17. The van der Waals surface area contributed by atoms with Crippen LogP contribution in [0.15, 0.2) is 47.5 Å². The predicted molar refractivity (Wildman–Crippen MR) is 96.3 cm³/mol. The van der Waals surface area contributed by atoms with Gasteiger partial charge >= 0.3 is 0 Å². The third-order valence-electron chi connectivity index (χ3n) is 3.76. The fraction of sp³-hybridized carbons (Fsp3) is 0.286. The highest BCUT2D eigenvalue weighted by Crippen LogP contribution is 2.34. The lowest BCUT2D eigenvalue weighted by Gasteiger charge is -2.16. The number of para-hydroxylation sites is 1. The number of hydrogen-bond acceptors (Lipinski definition) is 1. The SMILES string of the molecule is C#Cc1ccc(C=Nc2c(C(C)C)cccc2C(C)C)cc1. The van der Waals surface area contributed by atoms with Crippen molar-refractivity contribution in [3.05, 3.63) is 64.7 Å². The van der Waals surface area contributed by atoms with Crippen molar-refractivity contribution in [1.82, 2.24) is 0 Å². The van der Waals surface area contributed by atoms with Crippen molar-refractivity contribution in [2.75, 3.05) is 0 Å². The first-order valence-corrected chi connectivity index (χ1v) is 7.76. The van der Waals surface area contributed by atoms with E-state index < -0.39 is 0 Å². The van der Waals surface area contributed by atoms with E-state index in [2.05, 4.69) is 51.8 Å². The van der Waals surface area contributed by atoms with Crippen LogP contribution >= 0.6 is 0 Å². The molecule has 0 radical (unpaired) electrons. The summed E-state index contributed by atoms with van der Waals surface area (Å²) in [5.74, 6) is 3.54. The van der Waals surface area contributed by atoms with Crippen molar-refractivity contribution < 1.29 is 0 Å². The topological polar surface area (TPSA) is 12.4 Å². The van der Waals surface area contributed by atoms with Gasteiger partial charge in [-0.25, -0.2) is 0 Å². The number of aliphatic imine (C=N–C) groups is 1. The van der Waals surface area contributed by atoms with Crippen molar-refractivity contribution in [3.63, 3.8) is 0 Å². The third-order valence-corrected chi connectivity index (χ3v) is 3.76. The van der Waals surface area contributed by atoms with Crippen LogP contribution < -0.4 is 0 Å².